The standard InChI is InChI=1S/C13H24F3NO/c1-3-7-17-11-6-5-10(4-2)8-12(11)18-9-13(14,15)16/h10-12,17H,3-9H2,1-2H3. The van der Waals surface area contributed by atoms with Gasteiger partial charge in [0.05, 0.1) is 6.10 Å². The molecular formula is C13H24F3NO. The second-order valence-corrected chi connectivity index (χ2v) is 5.11. The number of ether oxygens (including phenoxy) is 1. The monoisotopic (exact) mass is 267 g/mol. The number of alkyl halides is 3. The Bertz CT molecular complexity index is 233. The first-order valence-corrected chi connectivity index (χ1v) is 6.88. The highest BCUT2D eigenvalue weighted by molar-refractivity contribution is 4.85. The molecule has 0 radical (unpaired) electrons. The molecule has 5 heteroatoms. The maximum atomic E-state index is 12.2. The zero-order valence-corrected chi connectivity index (χ0v) is 11.2. The van der Waals surface area contributed by atoms with E-state index in [9.17, 15) is 13.2 Å². The lowest BCUT2D eigenvalue weighted by molar-refractivity contribution is -0.192. The lowest BCUT2D eigenvalue weighted by Gasteiger charge is -2.36. The van der Waals surface area contributed by atoms with Crippen molar-refractivity contribution < 1.29 is 17.9 Å². The van der Waals surface area contributed by atoms with Crippen molar-refractivity contribution in [2.24, 2.45) is 5.92 Å². The van der Waals surface area contributed by atoms with Crippen LogP contribution in [0.1, 0.15) is 46.0 Å². The number of rotatable bonds is 6. The summed E-state index contributed by atoms with van der Waals surface area (Å²) in [7, 11) is 0. The van der Waals surface area contributed by atoms with Crippen LogP contribution in [0.3, 0.4) is 0 Å². The van der Waals surface area contributed by atoms with Crippen LogP contribution in [0, 0.1) is 5.92 Å². The largest absolute Gasteiger partial charge is 0.411 e. The fraction of sp³-hybridized carbons (Fsp3) is 1.00. The molecule has 108 valence electrons. The molecule has 1 N–H and O–H groups in total. The van der Waals surface area contributed by atoms with Crippen LogP contribution in [0.5, 0.6) is 0 Å². The summed E-state index contributed by atoms with van der Waals surface area (Å²) in [5.74, 6) is 0.503. The van der Waals surface area contributed by atoms with Crippen LogP contribution in [-0.2, 0) is 4.74 Å². The maximum absolute atomic E-state index is 12.2. The van der Waals surface area contributed by atoms with Crippen LogP contribution in [0.2, 0.25) is 0 Å². The first-order chi connectivity index (χ1) is 8.46. The molecule has 0 aliphatic heterocycles. The Balaban J connectivity index is 2.48. The highest BCUT2D eigenvalue weighted by Gasteiger charge is 2.34. The molecule has 3 unspecified atom stereocenters. The fourth-order valence-electron chi connectivity index (χ4n) is 2.53. The Morgan fingerprint density at radius 1 is 1.22 bits per heavy atom. The van der Waals surface area contributed by atoms with Crippen molar-refractivity contribution in [2.75, 3.05) is 13.2 Å². The third-order valence-electron chi connectivity index (χ3n) is 3.60. The molecular weight excluding hydrogens is 243 g/mol. The van der Waals surface area contributed by atoms with E-state index >= 15 is 0 Å². The van der Waals surface area contributed by atoms with Crippen molar-refractivity contribution in [1.82, 2.24) is 5.32 Å². The smallest absolute Gasteiger partial charge is 0.367 e. The molecule has 0 aromatic heterocycles. The van der Waals surface area contributed by atoms with E-state index in [-0.39, 0.29) is 12.1 Å². The zero-order valence-electron chi connectivity index (χ0n) is 11.2. The zero-order chi connectivity index (χ0) is 13.6. The summed E-state index contributed by atoms with van der Waals surface area (Å²) in [6, 6.07) is 0.0788. The van der Waals surface area contributed by atoms with E-state index in [0.717, 1.165) is 38.6 Å². The maximum Gasteiger partial charge on any atom is 0.411 e. The second kappa shape index (κ2) is 7.34. The summed E-state index contributed by atoms with van der Waals surface area (Å²) in [5.41, 5.74) is 0. The van der Waals surface area contributed by atoms with E-state index in [2.05, 4.69) is 19.2 Å². The van der Waals surface area contributed by atoms with Crippen LogP contribution >= 0.6 is 0 Å². The van der Waals surface area contributed by atoms with Gasteiger partial charge in [-0.05, 0) is 38.1 Å². The van der Waals surface area contributed by atoms with Gasteiger partial charge in [0, 0.05) is 6.04 Å². The Labute approximate surface area is 107 Å². The Kier molecular flexibility index (Phi) is 6.43. The quantitative estimate of drug-likeness (QED) is 0.795. The van der Waals surface area contributed by atoms with Crippen molar-refractivity contribution in [3.63, 3.8) is 0 Å². The molecule has 0 spiro atoms. The SMILES string of the molecule is CCCNC1CCC(CC)CC1OCC(F)(F)F. The van der Waals surface area contributed by atoms with Gasteiger partial charge in [0.2, 0.25) is 0 Å². The number of hydrogen-bond acceptors (Lipinski definition) is 2. The summed E-state index contributed by atoms with van der Waals surface area (Å²) in [6.45, 7) is 3.85. The minimum Gasteiger partial charge on any atom is -0.367 e. The van der Waals surface area contributed by atoms with Gasteiger partial charge >= 0.3 is 6.18 Å². The van der Waals surface area contributed by atoms with Crippen molar-refractivity contribution in [3.05, 3.63) is 0 Å². The molecule has 2 nitrogen and oxygen atoms in total. The topological polar surface area (TPSA) is 21.3 Å². The van der Waals surface area contributed by atoms with Gasteiger partial charge in [-0.25, -0.2) is 0 Å². The Hall–Kier alpha value is -0.290. The van der Waals surface area contributed by atoms with Crippen molar-refractivity contribution in [3.8, 4) is 0 Å². The summed E-state index contributed by atoms with van der Waals surface area (Å²) in [6.07, 6.45) is 0.233. The van der Waals surface area contributed by atoms with E-state index < -0.39 is 12.8 Å². The van der Waals surface area contributed by atoms with E-state index in [1.807, 2.05) is 0 Å². The molecule has 0 aromatic rings. The van der Waals surface area contributed by atoms with Gasteiger partial charge in [0.15, 0.2) is 0 Å². The van der Waals surface area contributed by atoms with Crippen LogP contribution in [-0.4, -0.2) is 31.5 Å². The van der Waals surface area contributed by atoms with Gasteiger partial charge in [-0.3, -0.25) is 0 Å². The first-order valence-electron chi connectivity index (χ1n) is 6.88. The third kappa shape index (κ3) is 5.57. The van der Waals surface area contributed by atoms with Crippen molar-refractivity contribution in [2.45, 2.75) is 64.3 Å². The Morgan fingerprint density at radius 3 is 2.50 bits per heavy atom. The van der Waals surface area contributed by atoms with Crippen LogP contribution in [0.15, 0.2) is 0 Å². The van der Waals surface area contributed by atoms with Crippen LogP contribution in [0.4, 0.5) is 13.2 Å². The molecule has 1 saturated carbocycles. The molecule has 18 heavy (non-hydrogen) atoms. The molecule has 1 aliphatic rings. The normalized spacial score (nSPS) is 29.5. The van der Waals surface area contributed by atoms with Gasteiger partial charge in [-0.15, -0.1) is 0 Å². The lowest BCUT2D eigenvalue weighted by atomic mass is 9.82. The van der Waals surface area contributed by atoms with Gasteiger partial charge in [-0.1, -0.05) is 20.3 Å². The van der Waals surface area contributed by atoms with Crippen LogP contribution in [0.25, 0.3) is 0 Å². The van der Waals surface area contributed by atoms with Gasteiger partial charge in [0.25, 0.3) is 0 Å². The van der Waals surface area contributed by atoms with Crippen LogP contribution < -0.4 is 5.32 Å². The lowest BCUT2D eigenvalue weighted by Crippen LogP contribution is -2.46. The second-order valence-electron chi connectivity index (χ2n) is 5.11. The average Bonchev–Trinajstić information content (AvgIpc) is 2.33. The summed E-state index contributed by atoms with van der Waals surface area (Å²) in [5, 5.41) is 3.31. The predicted octanol–water partition coefficient (Wildman–Crippen LogP) is 3.51. The molecule has 0 bridgehead atoms. The Morgan fingerprint density at radius 2 is 1.94 bits per heavy atom. The molecule has 0 aromatic carbocycles. The molecule has 1 aliphatic carbocycles. The predicted molar refractivity (Wildman–Crippen MR) is 65.5 cm³/mol. The molecule has 0 amide bonds. The summed E-state index contributed by atoms with van der Waals surface area (Å²) >= 11 is 0. The fourth-order valence-corrected chi connectivity index (χ4v) is 2.53. The number of halogens is 3. The summed E-state index contributed by atoms with van der Waals surface area (Å²) in [4.78, 5) is 0. The molecule has 0 heterocycles. The van der Waals surface area contributed by atoms with E-state index in [1.54, 1.807) is 0 Å². The minimum absolute atomic E-state index is 0.0788. The highest BCUT2D eigenvalue weighted by atomic mass is 19.4. The molecule has 0 saturated heterocycles. The van der Waals surface area contributed by atoms with Gasteiger partial charge in [-0.2, -0.15) is 13.2 Å². The van der Waals surface area contributed by atoms with E-state index in [4.69, 9.17) is 4.74 Å². The van der Waals surface area contributed by atoms with Crippen molar-refractivity contribution in [1.29, 1.82) is 0 Å². The summed E-state index contributed by atoms with van der Waals surface area (Å²) < 4.78 is 41.8. The molecule has 1 rings (SSSR count). The number of nitrogens with one attached hydrogen (secondary N) is 1. The van der Waals surface area contributed by atoms with Crippen molar-refractivity contribution >= 4 is 0 Å². The average molecular weight is 267 g/mol. The number of hydrogen-bond donors (Lipinski definition) is 1. The minimum atomic E-state index is -4.23. The third-order valence-corrected chi connectivity index (χ3v) is 3.60. The van der Waals surface area contributed by atoms with E-state index in [1.165, 1.54) is 0 Å². The van der Waals surface area contributed by atoms with Gasteiger partial charge < -0.3 is 10.1 Å². The van der Waals surface area contributed by atoms with E-state index in [0.29, 0.717) is 5.92 Å². The van der Waals surface area contributed by atoms with Gasteiger partial charge in [0.1, 0.15) is 6.61 Å². The molecule has 1 fully saturated rings. The highest BCUT2D eigenvalue weighted by Crippen LogP contribution is 2.30. The molecule has 3 atom stereocenters. The first kappa shape index (κ1) is 15.8.